The maximum atomic E-state index is 13.1. The summed E-state index contributed by atoms with van der Waals surface area (Å²) < 4.78 is 54.5. The Hall–Kier alpha value is -2.40. The van der Waals surface area contributed by atoms with Crippen LogP contribution in [0, 0.1) is 12.7 Å². The van der Waals surface area contributed by atoms with Gasteiger partial charge in [0.25, 0.3) is 0 Å². The van der Waals surface area contributed by atoms with Gasteiger partial charge in [0, 0.05) is 11.2 Å². The normalized spacial score (nSPS) is 12.8. The van der Waals surface area contributed by atoms with Gasteiger partial charge in [-0.3, -0.25) is 14.2 Å². The molecule has 0 aliphatic rings. The quantitative estimate of drug-likeness (QED) is 0.481. The van der Waals surface area contributed by atoms with Crippen molar-refractivity contribution in [3.63, 3.8) is 0 Å². The SMILES string of the molecule is Cc1c(Br)c(C(F)(F)F)nn1C(C)C(=O)Nc1cnn(Cc2ccc(F)cc2Cl)c1. The summed E-state index contributed by atoms with van der Waals surface area (Å²) >= 11 is 8.88. The predicted octanol–water partition coefficient (Wildman–Crippen LogP) is 5.21. The summed E-state index contributed by atoms with van der Waals surface area (Å²) in [5, 5.41) is 10.5. The maximum absolute atomic E-state index is 13.1. The number of hydrogen-bond donors (Lipinski definition) is 1. The lowest BCUT2D eigenvalue weighted by Crippen LogP contribution is -2.25. The molecule has 3 aromatic rings. The van der Waals surface area contributed by atoms with Crippen LogP contribution in [0.5, 0.6) is 0 Å². The van der Waals surface area contributed by atoms with E-state index in [0.717, 1.165) is 4.68 Å². The Morgan fingerprint density at radius 1 is 1.37 bits per heavy atom. The number of benzene rings is 1. The molecule has 1 unspecified atom stereocenters. The molecular weight excluding hydrogens is 494 g/mol. The first-order valence-corrected chi connectivity index (χ1v) is 9.73. The molecule has 30 heavy (non-hydrogen) atoms. The van der Waals surface area contributed by atoms with E-state index in [1.165, 1.54) is 49.1 Å². The number of anilines is 1. The summed E-state index contributed by atoms with van der Waals surface area (Å²) in [4.78, 5) is 12.5. The van der Waals surface area contributed by atoms with Gasteiger partial charge in [0.1, 0.15) is 11.9 Å². The zero-order valence-electron chi connectivity index (χ0n) is 15.6. The lowest BCUT2D eigenvalue weighted by atomic mass is 10.2. The molecule has 0 bridgehead atoms. The molecule has 0 aliphatic heterocycles. The maximum Gasteiger partial charge on any atom is 0.436 e. The number of carbonyl (C=O) groups excluding carboxylic acids is 1. The van der Waals surface area contributed by atoms with Crippen molar-refractivity contribution >= 4 is 39.1 Å². The number of alkyl halides is 3. The highest BCUT2D eigenvalue weighted by Crippen LogP contribution is 2.36. The summed E-state index contributed by atoms with van der Waals surface area (Å²) in [5.41, 5.74) is 0.0457. The van der Waals surface area contributed by atoms with Gasteiger partial charge in [-0.2, -0.15) is 23.4 Å². The van der Waals surface area contributed by atoms with Gasteiger partial charge in [-0.1, -0.05) is 17.7 Å². The zero-order valence-corrected chi connectivity index (χ0v) is 18.0. The molecule has 2 heterocycles. The summed E-state index contributed by atoms with van der Waals surface area (Å²) in [6.07, 6.45) is -1.74. The van der Waals surface area contributed by atoms with Crippen LogP contribution in [-0.4, -0.2) is 25.5 Å². The molecule has 0 radical (unpaired) electrons. The third kappa shape index (κ3) is 4.67. The highest BCUT2D eigenvalue weighted by Gasteiger charge is 2.39. The van der Waals surface area contributed by atoms with Gasteiger partial charge < -0.3 is 5.32 Å². The standard InChI is InChI=1S/C18H15BrClF4N5O/c1-9-15(19)16(18(22,23)24)27-29(9)10(2)17(30)26-13-6-25-28(8-13)7-11-3-4-12(21)5-14(11)20/h3-6,8,10H,7H2,1-2H3,(H,26,30). The van der Waals surface area contributed by atoms with E-state index in [-0.39, 0.29) is 21.7 Å². The smallest absolute Gasteiger partial charge is 0.322 e. The van der Waals surface area contributed by atoms with Crippen LogP contribution in [-0.2, 0) is 17.5 Å². The van der Waals surface area contributed by atoms with Gasteiger partial charge in [0.2, 0.25) is 5.91 Å². The van der Waals surface area contributed by atoms with Gasteiger partial charge in [-0.05, 0) is 47.5 Å². The molecule has 1 N–H and O–H groups in total. The Labute approximate surface area is 181 Å². The molecule has 0 spiro atoms. The summed E-state index contributed by atoms with van der Waals surface area (Å²) in [7, 11) is 0. The third-order valence-corrected chi connectivity index (χ3v) is 5.64. The Bertz CT molecular complexity index is 1090. The predicted molar refractivity (Wildman–Crippen MR) is 106 cm³/mol. The molecular formula is C18H15BrClF4N5O. The highest BCUT2D eigenvalue weighted by atomic mass is 79.9. The number of aromatic nitrogens is 4. The second kappa shape index (κ2) is 8.38. The lowest BCUT2D eigenvalue weighted by Gasteiger charge is -2.13. The van der Waals surface area contributed by atoms with Crippen LogP contribution < -0.4 is 5.32 Å². The molecule has 0 aliphatic carbocycles. The third-order valence-electron chi connectivity index (χ3n) is 4.34. The van der Waals surface area contributed by atoms with Gasteiger partial charge in [0.15, 0.2) is 5.69 Å². The van der Waals surface area contributed by atoms with Crippen LogP contribution in [0.25, 0.3) is 0 Å². The van der Waals surface area contributed by atoms with Crippen molar-refractivity contribution in [2.45, 2.75) is 32.6 Å². The molecule has 6 nitrogen and oxygen atoms in total. The second-order valence-electron chi connectivity index (χ2n) is 6.52. The first kappa shape index (κ1) is 22.3. The Morgan fingerprint density at radius 3 is 2.67 bits per heavy atom. The van der Waals surface area contributed by atoms with Gasteiger partial charge in [0.05, 0.1) is 28.6 Å². The highest BCUT2D eigenvalue weighted by molar-refractivity contribution is 9.10. The van der Waals surface area contributed by atoms with E-state index in [0.29, 0.717) is 11.3 Å². The molecule has 2 aromatic heterocycles. The summed E-state index contributed by atoms with van der Waals surface area (Å²) in [6, 6.07) is 2.97. The first-order valence-electron chi connectivity index (χ1n) is 8.56. The number of nitrogens with one attached hydrogen (secondary N) is 1. The molecule has 1 aromatic carbocycles. The Morgan fingerprint density at radius 2 is 2.07 bits per heavy atom. The van der Waals surface area contributed by atoms with Crippen molar-refractivity contribution in [3.05, 3.63) is 62.9 Å². The van der Waals surface area contributed by atoms with Crippen molar-refractivity contribution in [3.8, 4) is 0 Å². The number of amides is 1. The van der Waals surface area contributed by atoms with Crippen molar-refractivity contribution < 1.29 is 22.4 Å². The topological polar surface area (TPSA) is 64.7 Å². The van der Waals surface area contributed by atoms with E-state index in [9.17, 15) is 22.4 Å². The molecule has 12 heteroatoms. The van der Waals surface area contributed by atoms with Crippen molar-refractivity contribution in [2.75, 3.05) is 5.32 Å². The lowest BCUT2D eigenvalue weighted by molar-refractivity contribution is -0.142. The van der Waals surface area contributed by atoms with Crippen molar-refractivity contribution in [1.29, 1.82) is 0 Å². The fourth-order valence-corrected chi connectivity index (χ4v) is 3.47. The van der Waals surface area contributed by atoms with Crippen LogP contribution in [0.1, 0.15) is 29.9 Å². The van der Waals surface area contributed by atoms with Crippen LogP contribution in [0.15, 0.2) is 35.1 Å². The number of carbonyl (C=O) groups is 1. The Balaban J connectivity index is 1.72. The molecule has 1 atom stereocenters. The van der Waals surface area contributed by atoms with E-state index in [4.69, 9.17) is 11.6 Å². The van der Waals surface area contributed by atoms with Gasteiger partial charge in [-0.15, -0.1) is 0 Å². The van der Waals surface area contributed by atoms with E-state index in [1.807, 2.05) is 0 Å². The fourth-order valence-electron chi connectivity index (χ4n) is 2.75. The van der Waals surface area contributed by atoms with E-state index < -0.39 is 29.6 Å². The van der Waals surface area contributed by atoms with E-state index in [1.54, 1.807) is 0 Å². The average Bonchev–Trinajstić information content (AvgIpc) is 3.21. The average molecular weight is 509 g/mol. The molecule has 0 saturated carbocycles. The number of halogens is 6. The van der Waals surface area contributed by atoms with E-state index >= 15 is 0 Å². The minimum Gasteiger partial charge on any atom is -0.322 e. The minimum atomic E-state index is -4.65. The second-order valence-corrected chi connectivity index (χ2v) is 7.72. The summed E-state index contributed by atoms with van der Waals surface area (Å²) in [5.74, 6) is -1.03. The van der Waals surface area contributed by atoms with E-state index in [2.05, 4.69) is 31.4 Å². The first-order chi connectivity index (χ1) is 14.0. The molecule has 0 saturated heterocycles. The fraction of sp³-hybridized carbons (Fsp3) is 0.278. The largest absolute Gasteiger partial charge is 0.436 e. The minimum absolute atomic E-state index is 0.173. The molecule has 3 rings (SSSR count). The Kier molecular flexibility index (Phi) is 6.23. The van der Waals surface area contributed by atoms with Crippen molar-refractivity contribution in [2.24, 2.45) is 0 Å². The van der Waals surface area contributed by atoms with Crippen LogP contribution in [0.3, 0.4) is 0 Å². The van der Waals surface area contributed by atoms with Crippen LogP contribution >= 0.6 is 27.5 Å². The monoisotopic (exact) mass is 507 g/mol. The number of nitrogens with zero attached hydrogens (tertiary/aromatic N) is 4. The molecule has 0 fully saturated rings. The van der Waals surface area contributed by atoms with Crippen LogP contribution in [0.4, 0.5) is 23.2 Å². The number of rotatable bonds is 5. The zero-order chi connectivity index (χ0) is 22.2. The summed E-state index contributed by atoms with van der Waals surface area (Å²) in [6.45, 7) is 3.11. The van der Waals surface area contributed by atoms with Gasteiger partial charge in [-0.25, -0.2) is 4.39 Å². The molecule has 160 valence electrons. The number of hydrogen-bond acceptors (Lipinski definition) is 3. The molecule has 1 amide bonds. The van der Waals surface area contributed by atoms with Crippen LogP contribution in [0.2, 0.25) is 5.02 Å². The van der Waals surface area contributed by atoms with Gasteiger partial charge >= 0.3 is 6.18 Å². The van der Waals surface area contributed by atoms with Crippen molar-refractivity contribution in [1.82, 2.24) is 19.6 Å².